The van der Waals surface area contributed by atoms with E-state index in [1.54, 1.807) is 24.3 Å². The second kappa shape index (κ2) is 8.95. The van der Waals surface area contributed by atoms with E-state index in [1.807, 2.05) is 60.7 Å². The zero-order valence-electron chi connectivity index (χ0n) is 19.4. The standard InChI is InChI=1S/C30H25FN2O2S/c31-23-13-9-22(10-14-23)30-27-8-4-7-26(27)28-19-25(17-18-29(28)32-30)36(34,35)33-24-15-11-21(12-16-24)20-5-2-1-3-6-20/h1-7,9-19,26-27,30,32-33H,8H2/t26-,27+,30+/m0/s1. The molecule has 3 atom stereocenters. The van der Waals surface area contributed by atoms with Crippen molar-refractivity contribution in [3.05, 3.63) is 126 Å². The second-order valence-electron chi connectivity index (χ2n) is 9.32. The second-order valence-corrected chi connectivity index (χ2v) is 11.0. The Labute approximate surface area is 210 Å². The lowest BCUT2D eigenvalue weighted by Gasteiger charge is -2.37. The van der Waals surface area contributed by atoms with Gasteiger partial charge in [-0.05, 0) is 77.1 Å². The summed E-state index contributed by atoms with van der Waals surface area (Å²) in [4.78, 5) is 0.231. The molecule has 0 saturated carbocycles. The molecule has 4 aromatic rings. The molecule has 0 spiro atoms. The van der Waals surface area contributed by atoms with E-state index in [2.05, 4.69) is 22.2 Å². The van der Waals surface area contributed by atoms with Gasteiger partial charge in [0.15, 0.2) is 0 Å². The summed E-state index contributed by atoms with van der Waals surface area (Å²) in [6.45, 7) is 0. The third-order valence-corrected chi connectivity index (χ3v) is 8.50. The molecule has 2 N–H and O–H groups in total. The topological polar surface area (TPSA) is 58.2 Å². The Kier molecular flexibility index (Phi) is 5.61. The molecule has 6 heteroatoms. The number of halogens is 1. The normalized spacial score (nSPS) is 20.3. The molecular weight excluding hydrogens is 471 g/mol. The summed E-state index contributed by atoms with van der Waals surface area (Å²) in [5.41, 5.74) is 5.51. The summed E-state index contributed by atoms with van der Waals surface area (Å²) in [5.74, 6) is 0.0733. The van der Waals surface area contributed by atoms with Crippen molar-refractivity contribution in [2.24, 2.45) is 5.92 Å². The smallest absolute Gasteiger partial charge is 0.261 e. The molecule has 4 aromatic carbocycles. The highest BCUT2D eigenvalue weighted by atomic mass is 32.2. The fourth-order valence-corrected chi connectivity index (χ4v) is 6.41. The highest BCUT2D eigenvalue weighted by Gasteiger charge is 2.38. The van der Waals surface area contributed by atoms with E-state index in [-0.39, 0.29) is 28.6 Å². The predicted molar refractivity (Wildman–Crippen MR) is 142 cm³/mol. The molecule has 0 aromatic heterocycles. The van der Waals surface area contributed by atoms with Gasteiger partial charge in [-0.2, -0.15) is 0 Å². The maximum absolute atomic E-state index is 13.5. The Balaban J connectivity index is 1.27. The predicted octanol–water partition coefficient (Wildman–Crippen LogP) is 7.12. The van der Waals surface area contributed by atoms with E-state index in [4.69, 9.17) is 0 Å². The first-order valence-electron chi connectivity index (χ1n) is 12.0. The molecule has 4 nitrogen and oxygen atoms in total. The number of hydrogen-bond donors (Lipinski definition) is 2. The van der Waals surface area contributed by atoms with Gasteiger partial charge in [0.05, 0.1) is 10.9 Å². The summed E-state index contributed by atoms with van der Waals surface area (Å²) in [7, 11) is -3.77. The van der Waals surface area contributed by atoms with Crippen LogP contribution in [0, 0.1) is 11.7 Å². The van der Waals surface area contributed by atoms with Crippen LogP contribution in [0.5, 0.6) is 0 Å². The number of allylic oxidation sites excluding steroid dienone is 2. The number of anilines is 2. The van der Waals surface area contributed by atoms with E-state index < -0.39 is 10.0 Å². The molecule has 0 saturated heterocycles. The largest absolute Gasteiger partial charge is 0.378 e. The van der Waals surface area contributed by atoms with Crippen LogP contribution in [0.2, 0.25) is 0 Å². The average Bonchev–Trinajstić information content (AvgIpc) is 3.40. The zero-order chi connectivity index (χ0) is 24.7. The number of benzene rings is 4. The first kappa shape index (κ1) is 22.6. The van der Waals surface area contributed by atoms with E-state index in [0.29, 0.717) is 5.69 Å². The third-order valence-electron chi connectivity index (χ3n) is 7.12. The summed E-state index contributed by atoms with van der Waals surface area (Å²) >= 11 is 0. The lowest BCUT2D eigenvalue weighted by Crippen LogP contribution is -2.29. The molecule has 0 unspecified atom stereocenters. The molecule has 0 radical (unpaired) electrons. The van der Waals surface area contributed by atoms with Gasteiger partial charge < -0.3 is 5.32 Å². The molecule has 1 aliphatic heterocycles. The van der Waals surface area contributed by atoms with Crippen molar-refractivity contribution in [3.8, 4) is 11.1 Å². The lowest BCUT2D eigenvalue weighted by atomic mass is 9.77. The highest BCUT2D eigenvalue weighted by Crippen LogP contribution is 2.50. The van der Waals surface area contributed by atoms with Gasteiger partial charge in [0, 0.05) is 17.3 Å². The third kappa shape index (κ3) is 4.18. The van der Waals surface area contributed by atoms with Gasteiger partial charge in [0.1, 0.15) is 5.82 Å². The van der Waals surface area contributed by atoms with Gasteiger partial charge in [-0.1, -0.05) is 66.7 Å². The summed E-state index contributed by atoms with van der Waals surface area (Å²) < 4.78 is 42.7. The van der Waals surface area contributed by atoms with E-state index in [9.17, 15) is 12.8 Å². The van der Waals surface area contributed by atoms with Crippen molar-refractivity contribution in [1.29, 1.82) is 0 Å². The van der Waals surface area contributed by atoms with Gasteiger partial charge in [-0.25, -0.2) is 12.8 Å². The van der Waals surface area contributed by atoms with Crippen LogP contribution in [0.4, 0.5) is 15.8 Å². The number of hydrogen-bond acceptors (Lipinski definition) is 3. The quantitative estimate of drug-likeness (QED) is 0.289. The van der Waals surface area contributed by atoms with Crippen LogP contribution in [0.1, 0.15) is 29.5 Å². The zero-order valence-corrected chi connectivity index (χ0v) is 20.3. The van der Waals surface area contributed by atoms with Gasteiger partial charge >= 0.3 is 0 Å². The van der Waals surface area contributed by atoms with E-state index in [0.717, 1.165) is 34.4 Å². The number of fused-ring (bicyclic) bond motifs is 3. The van der Waals surface area contributed by atoms with Crippen molar-refractivity contribution < 1.29 is 12.8 Å². The van der Waals surface area contributed by atoms with Gasteiger partial charge in [-0.15, -0.1) is 0 Å². The van der Waals surface area contributed by atoms with Crippen molar-refractivity contribution in [2.45, 2.75) is 23.3 Å². The van der Waals surface area contributed by atoms with Crippen molar-refractivity contribution in [3.63, 3.8) is 0 Å². The Morgan fingerprint density at radius 2 is 1.56 bits per heavy atom. The minimum atomic E-state index is -3.77. The Bertz CT molecular complexity index is 1530. The lowest BCUT2D eigenvalue weighted by molar-refractivity contribution is 0.424. The van der Waals surface area contributed by atoms with Crippen LogP contribution >= 0.6 is 0 Å². The fourth-order valence-electron chi connectivity index (χ4n) is 5.32. The maximum atomic E-state index is 13.5. The fraction of sp³-hybridized carbons (Fsp3) is 0.133. The molecule has 1 heterocycles. The van der Waals surface area contributed by atoms with Gasteiger partial charge in [0.25, 0.3) is 10.0 Å². The van der Waals surface area contributed by atoms with Crippen LogP contribution < -0.4 is 10.0 Å². The van der Waals surface area contributed by atoms with Crippen molar-refractivity contribution >= 4 is 21.4 Å². The average molecular weight is 497 g/mol. The first-order chi connectivity index (χ1) is 17.5. The summed E-state index contributed by atoms with van der Waals surface area (Å²) in [6, 6.07) is 29.2. The monoisotopic (exact) mass is 496 g/mol. The molecule has 6 rings (SSSR count). The number of nitrogens with one attached hydrogen (secondary N) is 2. The molecule has 0 bridgehead atoms. The van der Waals surface area contributed by atoms with Crippen molar-refractivity contribution in [2.75, 3.05) is 10.0 Å². The first-order valence-corrected chi connectivity index (χ1v) is 13.5. The van der Waals surface area contributed by atoms with Gasteiger partial charge in [0.2, 0.25) is 0 Å². The summed E-state index contributed by atoms with van der Waals surface area (Å²) in [5, 5.41) is 3.58. The van der Waals surface area contributed by atoms with Crippen LogP contribution in [0.3, 0.4) is 0 Å². The SMILES string of the molecule is O=S(=O)(Nc1ccc(-c2ccccc2)cc1)c1ccc2c(c1)[C@H]1C=CC[C@H]1[C@@H](c1ccc(F)cc1)N2. The Morgan fingerprint density at radius 1 is 0.833 bits per heavy atom. The van der Waals surface area contributed by atoms with Crippen LogP contribution in [0.15, 0.2) is 114 Å². The van der Waals surface area contributed by atoms with Crippen molar-refractivity contribution in [1.82, 2.24) is 0 Å². The van der Waals surface area contributed by atoms with Gasteiger partial charge in [-0.3, -0.25) is 4.72 Å². The number of sulfonamides is 1. The van der Waals surface area contributed by atoms with Crippen LogP contribution in [-0.4, -0.2) is 8.42 Å². The minimum Gasteiger partial charge on any atom is -0.378 e. The summed E-state index contributed by atoms with van der Waals surface area (Å²) in [6.07, 6.45) is 5.19. The Hall–Kier alpha value is -3.90. The molecule has 0 amide bonds. The highest BCUT2D eigenvalue weighted by molar-refractivity contribution is 7.92. The molecule has 1 aliphatic carbocycles. The van der Waals surface area contributed by atoms with E-state index >= 15 is 0 Å². The minimum absolute atomic E-state index is 0.0295. The number of rotatable bonds is 5. The molecule has 180 valence electrons. The molecular formula is C30H25FN2O2S. The molecule has 0 fully saturated rings. The van der Waals surface area contributed by atoms with E-state index in [1.165, 1.54) is 12.1 Å². The van der Waals surface area contributed by atoms with Crippen LogP contribution in [-0.2, 0) is 10.0 Å². The Morgan fingerprint density at radius 3 is 2.31 bits per heavy atom. The maximum Gasteiger partial charge on any atom is 0.261 e. The molecule has 2 aliphatic rings. The molecule has 36 heavy (non-hydrogen) atoms. The van der Waals surface area contributed by atoms with Crippen LogP contribution in [0.25, 0.3) is 11.1 Å².